The van der Waals surface area contributed by atoms with Crippen LogP contribution in [-0.2, 0) is 22.1 Å². The maximum absolute atomic E-state index is 12.9. The van der Waals surface area contributed by atoms with Crippen LogP contribution in [0.2, 0.25) is 0 Å². The molecule has 0 aromatic carbocycles. The highest BCUT2D eigenvalue weighted by atomic mass is 19.4. The van der Waals surface area contributed by atoms with E-state index in [1.807, 2.05) is 0 Å². The molecule has 20 heavy (non-hydrogen) atoms. The molecule has 9 heteroatoms. The number of alkyl halides is 5. The van der Waals surface area contributed by atoms with Crippen molar-refractivity contribution in [2.24, 2.45) is 0 Å². The van der Waals surface area contributed by atoms with Crippen LogP contribution in [0.3, 0.4) is 0 Å². The zero-order valence-electron chi connectivity index (χ0n) is 10.4. The molecule has 1 aromatic rings. The number of halogens is 5. The molecule has 1 heterocycles. The van der Waals surface area contributed by atoms with Crippen LogP contribution >= 0.6 is 0 Å². The van der Waals surface area contributed by atoms with Gasteiger partial charge in [-0.1, -0.05) is 0 Å². The zero-order valence-corrected chi connectivity index (χ0v) is 10.4. The number of hydrogen-bond acceptors (Lipinski definition) is 4. The van der Waals surface area contributed by atoms with Crippen LogP contribution in [0.25, 0.3) is 0 Å². The third kappa shape index (κ3) is 3.34. The van der Waals surface area contributed by atoms with E-state index in [9.17, 15) is 26.7 Å². The van der Waals surface area contributed by atoms with Crippen LogP contribution < -0.4 is 4.74 Å². The molecule has 0 fully saturated rings. The average molecular weight is 299 g/mol. The zero-order chi connectivity index (χ0) is 15.5. The van der Waals surface area contributed by atoms with E-state index >= 15 is 0 Å². The van der Waals surface area contributed by atoms with Gasteiger partial charge in [-0.25, -0.2) is 8.78 Å². The highest BCUT2D eigenvalue weighted by Crippen LogP contribution is 2.41. The minimum atomic E-state index is -5.05. The van der Waals surface area contributed by atoms with Crippen molar-refractivity contribution in [2.75, 3.05) is 14.2 Å². The van der Waals surface area contributed by atoms with Crippen molar-refractivity contribution in [2.45, 2.75) is 19.0 Å². The molecule has 0 radical (unpaired) electrons. The Hall–Kier alpha value is -1.93. The van der Waals surface area contributed by atoms with E-state index in [1.54, 1.807) is 0 Å². The first-order valence-electron chi connectivity index (χ1n) is 5.20. The summed E-state index contributed by atoms with van der Waals surface area (Å²) < 4.78 is 72.6. The largest absolute Gasteiger partial charge is 0.496 e. The first-order valence-corrected chi connectivity index (χ1v) is 5.20. The second-order valence-corrected chi connectivity index (χ2v) is 3.63. The van der Waals surface area contributed by atoms with E-state index in [-0.39, 0.29) is 5.56 Å². The predicted octanol–water partition coefficient (Wildman–Crippen LogP) is 2.76. The lowest BCUT2D eigenvalue weighted by Crippen LogP contribution is -2.16. The molecule has 1 aromatic heterocycles. The molecule has 0 aliphatic carbocycles. The summed E-state index contributed by atoms with van der Waals surface area (Å²) in [5, 5.41) is 0. The molecule has 0 bridgehead atoms. The molecule has 0 aliphatic heterocycles. The van der Waals surface area contributed by atoms with Gasteiger partial charge in [0.1, 0.15) is 5.75 Å². The van der Waals surface area contributed by atoms with E-state index in [0.717, 1.165) is 14.2 Å². The first-order chi connectivity index (χ1) is 9.22. The number of methoxy groups -OCH3 is 2. The Balaban J connectivity index is 3.46. The number of pyridine rings is 1. The third-order valence-electron chi connectivity index (χ3n) is 2.39. The van der Waals surface area contributed by atoms with Crippen molar-refractivity contribution in [3.05, 3.63) is 23.0 Å². The van der Waals surface area contributed by atoms with E-state index in [2.05, 4.69) is 14.5 Å². The van der Waals surface area contributed by atoms with Gasteiger partial charge in [-0.3, -0.25) is 9.78 Å². The van der Waals surface area contributed by atoms with Gasteiger partial charge in [0, 0.05) is 11.8 Å². The van der Waals surface area contributed by atoms with Gasteiger partial charge in [-0.15, -0.1) is 0 Å². The Morgan fingerprint density at radius 3 is 2.35 bits per heavy atom. The Bertz CT molecular complexity index is 502. The van der Waals surface area contributed by atoms with E-state index in [1.165, 1.54) is 0 Å². The number of carbonyl (C=O) groups excluding carboxylic acids is 1. The number of aromatic nitrogens is 1. The lowest BCUT2D eigenvalue weighted by Gasteiger charge is -2.17. The Kier molecular flexibility index (Phi) is 4.85. The molecule has 1 rings (SSSR count). The van der Waals surface area contributed by atoms with Crippen molar-refractivity contribution in [1.82, 2.24) is 4.98 Å². The second kappa shape index (κ2) is 6.02. The number of nitrogens with zero attached hydrogens (tertiary/aromatic N) is 1. The predicted molar refractivity (Wildman–Crippen MR) is 56.5 cm³/mol. The topological polar surface area (TPSA) is 48.4 Å². The second-order valence-electron chi connectivity index (χ2n) is 3.63. The first kappa shape index (κ1) is 16.1. The van der Waals surface area contributed by atoms with Gasteiger partial charge >= 0.3 is 12.1 Å². The Labute approximate surface area is 110 Å². The van der Waals surface area contributed by atoms with Gasteiger partial charge in [-0.2, -0.15) is 13.2 Å². The molecule has 0 saturated carbocycles. The lowest BCUT2D eigenvalue weighted by atomic mass is 10.1. The maximum Gasteiger partial charge on any atom is 0.433 e. The van der Waals surface area contributed by atoms with Crippen LogP contribution in [0.1, 0.15) is 23.2 Å². The number of carbonyl (C=O) groups is 1. The van der Waals surface area contributed by atoms with Gasteiger partial charge < -0.3 is 9.47 Å². The van der Waals surface area contributed by atoms with Gasteiger partial charge in [0.25, 0.3) is 6.43 Å². The molecule has 0 spiro atoms. The van der Waals surface area contributed by atoms with Crippen molar-refractivity contribution >= 4 is 5.97 Å². The van der Waals surface area contributed by atoms with Gasteiger partial charge in [0.15, 0.2) is 5.69 Å². The van der Waals surface area contributed by atoms with Crippen molar-refractivity contribution in [1.29, 1.82) is 0 Å². The third-order valence-corrected chi connectivity index (χ3v) is 2.39. The van der Waals surface area contributed by atoms with Crippen LogP contribution in [0.15, 0.2) is 6.20 Å². The SMILES string of the molecule is COC(=O)Cc1cnc(C(F)(F)F)c(C(F)F)c1OC. The summed E-state index contributed by atoms with van der Waals surface area (Å²) in [6.07, 6.45) is -8.36. The van der Waals surface area contributed by atoms with Crippen LogP contribution in [0, 0.1) is 0 Å². The number of hydrogen-bond donors (Lipinski definition) is 0. The maximum atomic E-state index is 12.9. The molecule has 4 nitrogen and oxygen atoms in total. The van der Waals surface area contributed by atoms with Crippen LogP contribution in [0.4, 0.5) is 22.0 Å². The van der Waals surface area contributed by atoms with Gasteiger partial charge in [-0.05, 0) is 0 Å². The van der Waals surface area contributed by atoms with Crippen molar-refractivity contribution in [3.63, 3.8) is 0 Å². The minimum absolute atomic E-state index is 0.206. The summed E-state index contributed by atoms with van der Waals surface area (Å²) in [6.45, 7) is 0. The number of ether oxygens (including phenoxy) is 2. The fraction of sp³-hybridized carbons (Fsp3) is 0.455. The fourth-order valence-corrected chi connectivity index (χ4v) is 1.57. The van der Waals surface area contributed by atoms with Crippen molar-refractivity contribution in [3.8, 4) is 5.75 Å². The summed E-state index contributed by atoms with van der Waals surface area (Å²) in [7, 11) is 1.99. The molecule has 0 saturated heterocycles. The Morgan fingerprint density at radius 1 is 1.35 bits per heavy atom. The smallest absolute Gasteiger partial charge is 0.433 e. The van der Waals surface area contributed by atoms with Gasteiger partial charge in [0.05, 0.1) is 26.2 Å². The summed E-state index contributed by atoms with van der Waals surface area (Å²) in [4.78, 5) is 14.1. The monoisotopic (exact) mass is 299 g/mol. The quantitative estimate of drug-likeness (QED) is 0.633. The van der Waals surface area contributed by atoms with Crippen molar-refractivity contribution < 1.29 is 36.2 Å². The van der Waals surface area contributed by atoms with Crippen LogP contribution in [0.5, 0.6) is 5.75 Å². The standard InChI is InChI=1S/C11H10F5NO3/c1-19-6(18)3-5-4-17-9(11(14,15)16)7(10(12)13)8(5)20-2/h4,10H,3H2,1-2H3. The summed E-state index contributed by atoms with van der Waals surface area (Å²) in [6, 6.07) is 0. The number of esters is 1. The molecular formula is C11H10F5NO3. The van der Waals surface area contributed by atoms with E-state index in [4.69, 9.17) is 0 Å². The molecule has 112 valence electrons. The van der Waals surface area contributed by atoms with E-state index < -0.39 is 42.0 Å². The number of rotatable bonds is 4. The minimum Gasteiger partial charge on any atom is -0.496 e. The molecular weight excluding hydrogens is 289 g/mol. The highest BCUT2D eigenvalue weighted by molar-refractivity contribution is 5.73. The van der Waals surface area contributed by atoms with E-state index in [0.29, 0.717) is 6.20 Å². The molecule has 0 amide bonds. The molecule has 0 atom stereocenters. The normalized spacial score (nSPS) is 11.6. The average Bonchev–Trinajstić information content (AvgIpc) is 2.36. The highest BCUT2D eigenvalue weighted by Gasteiger charge is 2.40. The summed E-state index contributed by atoms with van der Waals surface area (Å²) >= 11 is 0. The Morgan fingerprint density at radius 2 is 1.95 bits per heavy atom. The molecule has 0 N–H and O–H groups in total. The van der Waals surface area contributed by atoms with Gasteiger partial charge in [0.2, 0.25) is 0 Å². The summed E-state index contributed by atoms with van der Waals surface area (Å²) in [5.74, 6) is -1.53. The lowest BCUT2D eigenvalue weighted by molar-refractivity contribution is -0.143. The molecule has 0 aliphatic rings. The summed E-state index contributed by atoms with van der Waals surface area (Å²) in [5.41, 5.74) is -3.33. The fourth-order valence-electron chi connectivity index (χ4n) is 1.57. The van der Waals surface area contributed by atoms with Crippen LogP contribution in [-0.4, -0.2) is 25.2 Å². The molecule has 0 unspecified atom stereocenters.